The Balaban J connectivity index is 0.00000338. The summed E-state index contributed by atoms with van der Waals surface area (Å²) >= 11 is 0. The molecule has 0 bridgehead atoms. The molecule has 0 unspecified atom stereocenters. The molecule has 6 nitrogen and oxygen atoms in total. The van der Waals surface area contributed by atoms with Crippen LogP contribution in [0.2, 0.25) is 0 Å². The number of imidazole rings is 1. The lowest BCUT2D eigenvalue weighted by atomic mass is 10.1. The molecule has 0 spiro atoms. The number of nitrogens with one attached hydrogen (secondary N) is 2. The Bertz CT molecular complexity index is 712. The fourth-order valence-electron chi connectivity index (χ4n) is 2.63. The van der Waals surface area contributed by atoms with Crippen molar-refractivity contribution in [2.24, 2.45) is 10.9 Å². The van der Waals surface area contributed by atoms with Crippen LogP contribution in [0.1, 0.15) is 30.8 Å². The second kappa shape index (κ2) is 11.1. The second-order valence-electron chi connectivity index (χ2n) is 6.48. The lowest BCUT2D eigenvalue weighted by molar-refractivity contribution is 0.408. The van der Waals surface area contributed by atoms with Crippen LogP contribution in [-0.2, 0) is 19.6 Å². The average Bonchev–Trinajstić information content (AvgIpc) is 3.02. The van der Waals surface area contributed by atoms with Gasteiger partial charge in [0, 0.05) is 38.1 Å². The van der Waals surface area contributed by atoms with Crippen LogP contribution in [0.4, 0.5) is 0 Å². The Hall–Kier alpha value is -1.77. The summed E-state index contributed by atoms with van der Waals surface area (Å²) in [6.07, 6.45) is 3.86. The molecule has 2 rings (SSSR count). The van der Waals surface area contributed by atoms with E-state index in [9.17, 15) is 0 Å². The third kappa shape index (κ3) is 6.51. The van der Waals surface area contributed by atoms with E-state index in [-0.39, 0.29) is 24.0 Å². The molecule has 1 heterocycles. The molecule has 0 aliphatic carbocycles. The number of hydrogen-bond donors (Lipinski definition) is 2. The number of halogens is 1. The normalized spacial score (nSPS) is 11.2. The summed E-state index contributed by atoms with van der Waals surface area (Å²) in [6.45, 7) is 8.69. The van der Waals surface area contributed by atoms with Gasteiger partial charge in [0.1, 0.15) is 11.6 Å². The number of guanidine groups is 1. The fraction of sp³-hybridized carbons (Fsp3) is 0.474. The quantitative estimate of drug-likeness (QED) is 0.370. The first-order chi connectivity index (χ1) is 12.0. The van der Waals surface area contributed by atoms with Gasteiger partial charge in [0.25, 0.3) is 0 Å². The average molecular weight is 471 g/mol. The lowest BCUT2D eigenvalue weighted by Gasteiger charge is -2.15. The van der Waals surface area contributed by atoms with E-state index in [1.807, 2.05) is 18.5 Å². The highest BCUT2D eigenvalue weighted by molar-refractivity contribution is 14.0. The number of methoxy groups -OCH3 is 1. The van der Waals surface area contributed by atoms with Crippen LogP contribution in [0.5, 0.6) is 5.75 Å². The summed E-state index contributed by atoms with van der Waals surface area (Å²) in [6, 6.07) is 6.19. The molecule has 2 N–H and O–H groups in total. The number of hydrogen-bond acceptors (Lipinski definition) is 3. The minimum absolute atomic E-state index is 0. The molecule has 0 radical (unpaired) electrons. The van der Waals surface area contributed by atoms with E-state index < -0.39 is 0 Å². The number of aromatic nitrogens is 2. The van der Waals surface area contributed by atoms with Crippen molar-refractivity contribution in [1.29, 1.82) is 0 Å². The van der Waals surface area contributed by atoms with Gasteiger partial charge in [-0.15, -0.1) is 24.0 Å². The number of aryl methyl sites for hydroxylation is 1. The van der Waals surface area contributed by atoms with E-state index in [1.54, 1.807) is 14.2 Å². The molecule has 0 aliphatic rings. The number of rotatable bonds is 7. The first-order valence-electron chi connectivity index (χ1n) is 8.61. The molecule has 0 saturated heterocycles. The zero-order valence-corrected chi connectivity index (χ0v) is 18.6. The van der Waals surface area contributed by atoms with Crippen molar-refractivity contribution in [3.63, 3.8) is 0 Å². The molecule has 7 heteroatoms. The Morgan fingerprint density at radius 2 is 2.00 bits per heavy atom. The van der Waals surface area contributed by atoms with Gasteiger partial charge < -0.3 is 19.9 Å². The third-order valence-corrected chi connectivity index (χ3v) is 3.89. The van der Waals surface area contributed by atoms with Gasteiger partial charge in [-0.2, -0.15) is 0 Å². The van der Waals surface area contributed by atoms with Crippen molar-refractivity contribution in [3.8, 4) is 5.75 Å². The Morgan fingerprint density at radius 3 is 2.65 bits per heavy atom. The van der Waals surface area contributed by atoms with E-state index in [2.05, 4.69) is 58.1 Å². The van der Waals surface area contributed by atoms with Gasteiger partial charge in [-0.3, -0.25) is 4.99 Å². The fourth-order valence-corrected chi connectivity index (χ4v) is 2.63. The Labute approximate surface area is 173 Å². The standard InChI is InChI=1S/C19H29N5O.HI/c1-14(2)13-24-9-8-21-18(24)12-23-19(20-4)22-11-16-7-6-15(3)10-17(16)25-5;/h6-10,14H,11-13H2,1-5H3,(H2,20,22,23);1H. The van der Waals surface area contributed by atoms with Crippen LogP contribution in [0.15, 0.2) is 35.6 Å². The maximum absolute atomic E-state index is 5.45. The molecule has 1 aromatic carbocycles. The molecule has 0 aliphatic heterocycles. The number of ether oxygens (including phenoxy) is 1. The SMILES string of the molecule is CN=C(NCc1ccc(C)cc1OC)NCc1nccn1CC(C)C.I. The molecule has 144 valence electrons. The van der Waals surface area contributed by atoms with Gasteiger partial charge in [-0.1, -0.05) is 26.0 Å². The van der Waals surface area contributed by atoms with E-state index in [1.165, 1.54) is 5.56 Å². The van der Waals surface area contributed by atoms with Crippen molar-refractivity contribution in [2.45, 2.75) is 40.4 Å². The first kappa shape index (κ1) is 22.3. The molecule has 0 saturated carbocycles. The van der Waals surface area contributed by atoms with Gasteiger partial charge in [0.15, 0.2) is 5.96 Å². The molecule has 0 atom stereocenters. The second-order valence-corrected chi connectivity index (χ2v) is 6.48. The van der Waals surface area contributed by atoms with E-state index in [4.69, 9.17) is 4.74 Å². The summed E-state index contributed by atoms with van der Waals surface area (Å²) in [5.41, 5.74) is 2.28. The van der Waals surface area contributed by atoms with Gasteiger partial charge >= 0.3 is 0 Å². The van der Waals surface area contributed by atoms with Crippen molar-refractivity contribution in [1.82, 2.24) is 20.2 Å². The molecule has 26 heavy (non-hydrogen) atoms. The van der Waals surface area contributed by atoms with Crippen LogP contribution in [0.25, 0.3) is 0 Å². The third-order valence-electron chi connectivity index (χ3n) is 3.89. The van der Waals surface area contributed by atoms with Crippen molar-refractivity contribution < 1.29 is 4.74 Å². The van der Waals surface area contributed by atoms with Crippen molar-refractivity contribution in [2.75, 3.05) is 14.2 Å². The van der Waals surface area contributed by atoms with Crippen molar-refractivity contribution >= 4 is 29.9 Å². The van der Waals surface area contributed by atoms with Crippen LogP contribution in [0, 0.1) is 12.8 Å². The predicted octanol–water partition coefficient (Wildman–Crippen LogP) is 3.34. The summed E-state index contributed by atoms with van der Waals surface area (Å²) in [5, 5.41) is 6.64. The first-order valence-corrected chi connectivity index (χ1v) is 8.61. The Morgan fingerprint density at radius 1 is 1.27 bits per heavy atom. The maximum atomic E-state index is 5.45. The highest BCUT2D eigenvalue weighted by Gasteiger charge is 2.07. The lowest BCUT2D eigenvalue weighted by Crippen LogP contribution is -2.37. The summed E-state index contributed by atoms with van der Waals surface area (Å²) in [5.74, 6) is 3.21. The summed E-state index contributed by atoms with van der Waals surface area (Å²) in [4.78, 5) is 8.71. The monoisotopic (exact) mass is 471 g/mol. The molecular weight excluding hydrogens is 441 g/mol. The zero-order chi connectivity index (χ0) is 18.2. The van der Waals surface area contributed by atoms with Gasteiger partial charge in [-0.05, 0) is 24.5 Å². The van der Waals surface area contributed by atoms with Crippen LogP contribution in [-0.4, -0.2) is 29.7 Å². The van der Waals surface area contributed by atoms with Crippen LogP contribution >= 0.6 is 24.0 Å². The summed E-state index contributed by atoms with van der Waals surface area (Å²) < 4.78 is 7.62. The van der Waals surface area contributed by atoms with Crippen LogP contribution < -0.4 is 15.4 Å². The van der Waals surface area contributed by atoms with Gasteiger partial charge in [0.05, 0.1) is 13.7 Å². The molecular formula is C19H30IN5O. The number of aliphatic imine (C=N–C) groups is 1. The van der Waals surface area contributed by atoms with E-state index in [0.29, 0.717) is 19.0 Å². The highest BCUT2D eigenvalue weighted by Crippen LogP contribution is 2.19. The molecule has 1 aromatic heterocycles. The predicted molar refractivity (Wildman–Crippen MR) is 117 cm³/mol. The minimum Gasteiger partial charge on any atom is -0.496 e. The maximum Gasteiger partial charge on any atom is 0.191 e. The molecule has 0 amide bonds. The molecule has 0 fully saturated rings. The largest absolute Gasteiger partial charge is 0.496 e. The summed E-state index contributed by atoms with van der Waals surface area (Å²) in [7, 11) is 3.46. The van der Waals surface area contributed by atoms with E-state index >= 15 is 0 Å². The van der Waals surface area contributed by atoms with E-state index in [0.717, 1.165) is 29.6 Å². The van der Waals surface area contributed by atoms with Gasteiger partial charge in [-0.25, -0.2) is 4.98 Å². The number of nitrogens with zero attached hydrogens (tertiary/aromatic N) is 3. The highest BCUT2D eigenvalue weighted by atomic mass is 127. The van der Waals surface area contributed by atoms with Gasteiger partial charge in [0.2, 0.25) is 0 Å². The van der Waals surface area contributed by atoms with Crippen LogP contribution in [0.3, 0.4) is 0 Å². The number of benzene rings is 1. The topological polar surface area (TPSA) is 63.5 Å². The molecule has 2 aromatic rings. The zero-order valence-electron chi connectivity index (χ0n) is 16.2. The van der Waals surface area contributed by atoms with Crippen molar-refractivity contribution in [3.05, 3.63) is 47.5 Å². The Kier molecular flexibility index (Phi) is 9.47. The smallest absolute Gasteiger partial charge is 0.191 e. The minimum atomic E-state index is 0.